The number of hydrogen-bond acceptors (Lipinski definition) is 3. The van der Waals surface area contributed by atoms with Crippen molar-refractivity contribution in [3.8, 4) is 0 Å². The molecule has 0 spiro atoms. The van der Waals surface area contributed by atoms with Crippen LogP contribution in [0.4, 0.5) is 0 Å². The monoisotopic (exact) mass is 788 g/mol. The lowest BCUT2D eigenvalue weighted by atomic mass is 9.76. The maximum atomic E-state index is 7.99. The minimum atomic E-state index is -1.39. The van der Waals surface area contributed by atoms with E-state index in [1.54, 1.807) is 0 Å². The second-order valence-electron chi connectivity index (χ2n) is 15.0. The zero-order valence-electron chi connectivity index (χ0n) is 33.8. The fraction of sp³-hybridized carbons (Fsp3) is 0.0526. The summed E-state index contributed by atoms with van der Waals surface area (Å²) in [4.78, 5) is 0. The fourth-order valence-electron chi connectivity index (χ4n) is 8.67. The lowest BCUT2D eigenvalue weighted by Gasteiger charge is -2.45. The summed E-state index contributed by atoms with van der Waals surface area (Å²) in [5.74, 6) is 0. The normalized spacial score (nSPS) is 11.8. The van der Waals surface area contributed by atoms with E-state index in [1.807, 2.05) is 54.6 Å². The van der Waals surface area contributed by atoms with Crippen LogP contribution in [-0.4, -0.2) is 7.32 Å². The molecule has 9 rings (SSSR count). The summed E-state index contributed by atoms with van der Waals surface area (Å²) in [6.45, 7) is 0. The molecule has 0 amide bonds. The summed E-state index contributed by atoms with van der Waals surface area (Å²) in [5, 5.41) is 0. The molecule has 0 aliphatic heterocycles. The van der Waals surface area contributed by atoms with Gasteiger partial charge in [0.25, 0.3) is 0 Å². The summed E-state index contributed by atoms with van der Waals surface area (Å²) >= 11 is 0. The van der Waals surface area contributed by atoms with Gasteiger partial charge in [0.2, 0.25) is 0 Å². The summed E-state index contributed by atoms with van der Waals surface area (Å²) < 4.78 is 24.0. The zero-order valence-corrected chi connectivity index (χ0v) is 33.8. The SMILES string of the molecule is c1ccc(C(OB(OC(c2ccccc2)(c2ccccc2)c2ccccc2)OC(c2ccccc2)(c2ccccc2)c2ccccc2)(c2ccccc2)c2ccccc2)cc1. The van der Waals surface area contributed by atoms with Crippen molar-refractivity contribution in [3.05, 3.63) is 323 Å². The average molecular weight is 789 g/mol. The molecule has 294 valence electrons. The van der Waals surface area contributed by atoms with E-state index in [2.05, 4.69) is 218 Å². The third-order valence-electron chi connectivity index (χ3n) is 11.4. The van der Waals surface area contributed by atoms with E-state index >= 15 is 0 Å². The predicted octanol–water partition coefficient (Wildman–Crippen LogP) is 13.0. The van der Waals surface area contributed by atoms with Crippen molar-refractivity contribution >= 4 is 7.32 Å². The number of benzene rings is 9. The maximum Gasteiger partial charge on any atom is 0.643 e. The first-order chi connectivity index (χ1) is 30.2. The number of rotatable bonds is 15. The van der Waals surface area contributed by atoms with E-state index in [-0.39, 0.29) is 0 Å². The minimum absolute atomic E-state index is 0.916. The quantitative estimate of drug-likeness (QED) is 0.0765. The zero-order chi connectivity index (χ0) is 41.2. The van der Waals surface area contributed by atoms with Gasteiger partial charge < -0.3 is 14.0 Å². The Hall–Kier alpha value is -7.08. The summed E-state index contributed by atoms with van der Waals surface area (Å²) in [5.41, 5.74) is 4.53. The average Bonchev–Trinajstić information content (AvgIpc) is 3.36. The molecule has 9 aromatic carbocycles. The van der Waals surface area contributed by atoms with Gasteiger partial charge >= 0.3 is 7.32 Å². The molecule has 0 saturated carbocycles. The molecule has 4 heteroatoms. The molecule has 9 aromatic rings. The van der Waals surface area contributed by atoms with Gasteiger partial charge in [0, 0.05) is 0 Å². The van der Waals surface area contributed by atoms with Crippen LogP contribution >= 0.6 is 0 Å². The van der Waals surface area contributed by atoms with Crippen molar-refractivity contribution < 1.29 is 14.0 Å². The van der Waals surface area contributed by atoms with E-state index in [9.17, 15) is 0 Å². The number of hydrogen-bond donors (Lipinski definition) is 0. The largest absolute Gasteiger partial charge is 0.643 e. The van der Waals surface area contributed by atoms with Gasteiger partial charge in [-0.1, -0.05) is 273 Å². The van der Waals surface area contributed by atoms with Crippen molar-refractivity contribution in [1.29, 1.82) is 0 Å². The van der Waals surface area contributed by atoms with Crippen LogP contribution in [0.3, 0.4) is 0 Å². The van der Waals surface area contributed by atoms with Crippen LogP contribution in [0.25, 0.3) is 0 Å². The molecule has 0 fully saturated rings. The lowest BCUT2D eigenvalue weighted by Crippen LogP contribution is -2.51. The standard InChI is InChI=1S/C57H45BO3/c1-10-28-46(29-11-1)55(47-30-12-2-13-31-47,48-32-14-3-15-33-48)59-58(60-56(49-34-16-4-17-35-49,50-36-18-5-19-37-50)51-38-20-6-21-39-51)61-57(52-40-22-7-23-41-52,53-42-24-8-25-43-53)54-44-26-9-27-45-54/h1-45H. The molecule has 0 radical (unpaired) electrons. The Bertz CT molecular complexity index is 2090. The third-order valence-corrected chi connectivity index (χ3v) is 11.4. The van der Waals surface area contributed by atoms with E-state index in [0.717, 1.165) is 50.1 Å². The van der Waals surface area contributed by atoms with Crippen LogP contribution in [0.5, 0.6) is 0 Å². The predicted molar refractivity (Wildman–Crippen MR) is 247 cm³/mol. The van der Waals surface area contributed by atoms with Crippen molar-refractivity contribution in [2.45, 2.75) is 16.8 Å². The highest BCUT2D eigenvalue weighted by atomic mass is 16.8. The van der Waals surface area contributed by atoms with Crippen LogP contribution in [0.2, 0.25) is 0 Å². The van der Waals surface area contributed by atoms with Crippen LogP contribution in [-0.2, 0) is 30.8 Å². The van der Waals surface area contributed by atoms with Gasteiger partial charge in [-0.3, -0.25) is 0 Å². The van der Waals surface area contributed by atoms with Crippen molar-refractivity contribution in [3.63, 3.8) is 0 Å². The van der Waals surface area contributed by atoms with Gasteiger partial charge in [0.1, 0.15) is 16.8 Å². The van der Waals surface area contributed by atoms with Gasteiger partial charge in [-0.05, 0) is 50.1 Å². The molecule has 3 nitrogen and oxygen atoms in total. The first-order valence-electron chi connectivity index (χ1n) is 20.8. The Kier molecular flexibility index (Phi) is 11.7. The molecule has 0 aliphatic rings. The van der Waals surface area contributed by atoms with Crippen molar-refractivity contribution in [1.82, 2.24) is 0 Å². The van der Waals surface area contributed by atoms with Crippen LogP contribution in [0, 0.1) is 0 Å². The molecule has 0 atom stereocenters. The van der Waals surface area contributed by atoms with E-state index in [0.29, 0.717) is 0 Å². The lowest BCUT2D eigenvalue weighted by molar-refractivity contribution is -0.0361. The van der Waals surface area contributed by atoms with Gasteiger partial charge in [-0.15, -0.1) is 0 Å². The third kappa shape index (κ3) is 7.65. The van der Waals surface area contributed by atoms with Gasteiger partial charge in [0.15, 0.2) is 0 Å². The second kappa shape index (κ2) is 18.0. The smallest absolute Gasteiger partial charge is 0.368 e. The van der Waals surface area contributed by atoms with E-state index < -0.39 is 24.1 Å². The highest BCUT2D eigenvalue weighted by Crippen LogP contribution is 2.48. The molecule has 0 heterocycles. The highest BCUT2D eigenvalue weighted by molar-refractivity contribution is 6.37. The van der Waals surface area contributed by atoms with E-state index in [1.165, 1.54) is 0 Å². The first-order valence-corrected chi connectivity index (χ1v) is 20.8. The summed E-state index contributed by atoms with van der Waals surface area (Å²) in [6.07, 6.45) is 0. The van der Waals surface area contributed by atoms with Gasteiger partial charge in [0.05, 0.1) is 0 Å². The van der Waals surface area contributed by atoms with Crippen LogP contribution in [0.1, 0.15) is 50.1 Å². The first kappa shape index (κ1) is 39.4. The molecular formula is C57H45BO3. The molecule has 0 saturated heterocycles. The van der Waals surface area contributed by atoms with Gasteiger partial charge in [-0.25, -0.2) is 0 Å². The molecule has 0 aromatic heterocycles. The van der Waals surface area contributed by atoms with Crippen LogP contribution in [0.15, 0.2) is 273 Å². The van der Waals surface area contributed by atoms with E-state index in [4.69, 9.17) is 14.0 Å². The molecule has 0 bridgehead atoms. The Morgan fingerprint density at radius 3 is 0.410 bits per heavy atom. The summed E-state index contributed by atoms with van der Waals surface area (Å²) in [6, 6.07) is 93.5. The second-order valence-corrected chi connectivity index (χ2v) is 15.0. The molecule has 0 aliphatic carbocycles. The summed E-state index contributed by atoms with van der Waals surface area (Å²) in [7, 11) is -1.39. The minimum Gasteiger partial charge on any atom is -0.368 e. The fourth-order valence-corrected chi connectivity index (χ4v) is 8.67. The topological polar surface area (TPSA) is 27.7 Å². The molecule has 0 N–H and O–H groups in total. The van der Waals surface area contributed by atoms with Crippen molar-refractivity contribution in [2.24, 2.45) is 0 Å². The maximum absolute atomic E-state index is 7.99. The van der Waals surface area contributed by atoms with Crippen LogP contribution < -0.4 is 0 Å². The van der Waals surface area contributed by atoms with Crippen molar-refractivity contribution in [2.75, 3.05) is 0 Å². The Labute approximate surface area is 359 Å². The molecule has 61 heavy (non-hydrogen) atoms. The Morgan fingerprint density at radius 2 is 0.295 bits per heavy atom. The van der Waals surface area contributed by atoms with Gasteiger partial charge in [-0.2, -0.15) is 0 Å². The molecule has 0 unspecified atom stereocenters. The molecular weight excluding hydrogens is 743 g/mol. The Morgan fingerprint density at radius 1 is 0.180 bits per heavy atom. The Balaban J connectivity index is 1.39. The highest BCUT2D eigenvalue weighted by Gasteiger charge is 2.53.